The monoisotopic (exact) mass is 374 g/mol. The van der Waals surface area contributed by atoms with Crippen LogP contribution >= 0.6 is 11.8 Å². The zero-order chi connectivity index (χ0) is 18.5. The van der Waals surface area contributed by atoms with E-state index < -0.39 is 0 Å². The summed E-state index contributed by atoms with van der Waals surface area (Å²) in [6.07, 6.45) is 6.98. The van der Waals surface area contributed by atoms with Gasteiger partial charge in [0.1, 0.15) is 6.04 Å². The van der Waals surface area contributed by atoms with Crippen LogP contribution in [0.25, 0.3) is 0 Å². The number of carbonyl (C=O) groups is 2. The summed E-state index contributed by atoms with van der Waals surface area (Å²) in [4.78, 5) is 28.1. The molecule has 0 spiro atoms. The number of hydrogen-bond donors (Lipinski definition) is 1. The van der Waals surface area contributed by atoms with E-state index in [2.05, 4.69) is 12.2 Å². The Balaban J connectivity index is 1.84. The van der Waals surface area contributed by atoms with Gasteiger partial charge in [-0.3, -0.25) is 9.59 Å². The Morgan fingerprint density at radius 3 is 2.54 bits per heavy atom. The van der Waals surface area contributed by atoms with Crippen molar-refractivity contribution in [3.8, 4) is 0 Å². The first-order chi connectivity index (χ1) is 12.6. The van der Waals surface area contributed by atoms with Crippen molar-refractivity contribution in [2.24, 2.45) is 5.92 Å². The van der Waals surface area contributed by atoms with Gasteiger partial charge < -0.3 is 10.2 Å². The minimum absolute atomic E-state index is 0.00419. The van der Waals surface area contributed by atoms with Gasteiger partial charge in [-0.2, -0.15) is 0 Å². The van der Waals surface area contributed by atoms with Crippen molar-refractivity contribution < 1.29 is 9.59 Å². The Kier molecular flexibility index (Phi) is 6.63. The lowest BCUT2D eigenvalue weighted by Gasteiger charge is -2.35. The van der Waals surface area contributed by atoms with Crippen molar-refractivity contribution in [1.82, 2.24) is 10.2 Å². The number of thioether (sulfide) groups is 1. The van der Waals surface area contributed by atoms with Gasteiger partial charge in [-0.1, -0.05) is 44.4 Å². The lowest BCUT2D eigenvalue weighted by Crippen LogP contribution is -2.52. The molecule has 1 aliphatic heterocycles. The predicted octanol–water partition coefficient (Wildman–Crippen LogP) is 4.07. The highest BCUT2D eigenvalue weighted by atomic mass is 32.2. The van der Waals surface area contributed by atoms with E-state index in [9.17, 15) is 9.59 Å². The molecule has 2 amide bonds. The highest BCUT2D eigenvalue weighted by molar-refractivity contribution is 8.00. The molecule has 1 aromatic carbocycles. The fourth-order valence-electron chi connectivity index (χ4n) is 3.94. The molecule has 1 N–H and O–H groups in total. The number of hydrogen-bond acceptors (Lipinski definition) is 3. The van der Waals surface area contributed by atoms with E-state index >= 15 is 0 Å². The van der Waals surface area contributed by atoms with Crippen molar-refractivity contribution in [3.63, 3.8) is 0 Å². The highest BCUT2D eigenvalue weighted by Crippen LogP contribution is 2.41. The molecule has 3 atom stereocenters. The van der Waals surface area contributed by atoms with Gasteiger partial charge in [-0.15, -0.1) is 11.8 Å². The maximum Gasteiger partial charge on any atom is 0.255 e. The van der Waals surface area contributed by atoms with Crippen LogP contribution in [0.2, 0.25) is 0 Å². The Bertz CT molecular complexity index is 616. The zero-order valence-electron chi connectivity index (χ0n) is 15.8. The molecular weight excluding hydrogens is 344 g/mol. The lowest BCUT2D eigenvalue weighted by molar-refractivity contribution is -0.125. The van der Waals surface area contributed by atoms with Crippen LogP contribution in [-0.4, -0.2) is 39.9 Å². The molecule has 1 saturated heterocycles. The summed E-state index contributed by atoms with van der Waals surface area (Å²) in [5.74, 6) is 1.19. The molecule has 0 radical (unpaired) electrons. The number of nitrogens with one attached hydrogen (secondary N) is 1. The van der Waals surface area contributed by atoms with Gasteiger partial charge in [-0.25, -0.2) is 0 Å². The third kappa shape index (κ3) is 4.25. The van der Waals surface area contributed by atoms with Crippen LogP contribution in [0.1, 0.15) is 62.7 Å². The summed E-state index contributed by atoms with van der Waals surface area (Å²) in [6, 6.07) is 9.17. The van der Waals surface area contributed by atoms with Gasteiger partial charge in [0.15, 0.2) is 0 Å². The average Bonchev–Trinajstić information content (AvgIpc) is 3.13. The molecule has 26 heavy (non-hydrogen) atoms. The van der Waals surface area contributed by atoms with Gasteiger partial charge >= 0.3 is 0 Å². The molecule has 3 rings (SSSR count). The van der Waals surface area contributed by atoms with E-state index in [-0.39, 0.29) is 29.3 Å². The van der Waals surface area contributed by atoms with Gasteiger partial charge in [0, 0.05) is 17.4 Å². The van der Waals surface area contributed by atoms with Crippen LogP contribution in [0.4, 0.5) is 0 Å². The fraction of sp³-hybridized carbons (Fsp3) is 0.619. The van der Waals surface area contributed by atoms with Crippen LogP contribution in [0.15, 0.2) is 30.3 Å². The quantitative estimate of drug-likeness (QED) is 0.845. The van der Waals surface area contributed by atoms with Crippen LogP contribution in [-0.2, 0) is 4.79 Å². The molecule has 2 fully saturated rings. The van der Waals surface area contributed by atoms with Crippen molar-refractivity contribution in [1.29, 1.82) is 0 Å². The SMILES string of the molecule is CC[C@H](C)NC(=O)[C@@H]1CS[C@H](C2CCCCC2)N1C(=O)c1ccccc1. The number of carbonyl (C=O) groups excluding carboxylic acids is 2. The first kappa shape index (κ1) is 19.3. The second-order valence-corrected chi connectivity index (χ2v) is 8.68. The molecule has 1 aliphatic carbocycles. The Morgan fingerprint density at radius 1 is 1.19 bits per heavy atom. The van der Waals surface area contributed by atoms with E-state index in [1.165, 1.54) is 19.3 Å². The van der Waals surface area contributed by atoms with Crippen LogP contribution in [0.3, 0.4) is 0 Å². The summed E-state index contributed by atoms with van der Waals surface area (Å²) < 4.78 is 0. The zero-order valence-corrected chi connectivity index (χ0v) is 16.6. The first-order valence-corrected chi connectivity index (χ1v) is 11.0. The molecule has 1 aromatic rings. The number of rotatable bonds is 5. The van der Waals surface area contributed by atoms with Crippen LogP contribution < -0.4 is 5.32 Å². The highest BCUT2D eigenvalue weighted by Gasteiger charge is 2.45. The second kappa shape index (κ2) is 8.94. The summed E-state index contributed by atoms with van der Waals surface area (Å²) in [5.41, 5.74) is 0.678. The molecule has 2 aliphatic rings. The molecule has 0 unspecified atom stereocenters. The summed E-state index contributed by atoms with van der Waals surface area (Å²) in [5, 5.41) is 3.21. The summed E-state index contributed by atoms with van der Waals surface area (Å²) in [7, 11) is 0. The Labute approximate surface area is 161 Å². The van der Waals surface area contributed by atoms with Crippen molar-refractivity contribution in [2.75, 3.05) is 5.75 Å². The van der Waals surface area contributed by atoms with E-state index in [0.29, 0.717) is 17.2 Å². The minimum Gasteiger partial charge on any atom is -0.352 e. The third-order valence-electron chi connectivity index (χ3n) is 5.65. The number of benzene rings is 1. The van der Waals surface area contributed by atoms with Gasteiger partial charge in [0.05, 0.1) is 5.37 Å². The number of amides is 2. The van der Waals surface area contributed by atoms with E-state index in [4.69, 9.17) is 0 Å². The third-order valence-corrected chi connectivity index (χ3v) is 7.11. The average molecular weight is 375 g/mol. The molecule has 1 saturated carbocycles. The molecular formula is C21H30N2O2S. The van der Waals surface area contributed by atoms with Gasteiger partial charge in [0.25, 0.3) is 5.91 Å². The molecule has 0 aromatic heterocycles. The van der Waals surface area contributed by atoms with Crippen molar-refractivity contribution >= 4 is 23.6 Å². The van der Waals surface area contributed by atoms with Gasteiger partial charge in [0.2, 0.25) is 5.91 Å². The standard InChI is InChI=1S/C21H30N2O2S/c1-3-15(2)22-19(24)18-14-26-21(17-12-8-5-9-13-17)23(18)20(25)16-10-6-4-7-11-16/h4,6-7,10-11,15,17-18,21H,3,5,8-9,12-14H2,1-2H3,(H,22,24)/t15-,18-,21+/m0/s1. The largest absolute Gasteiger partial charge is 0.352 e. The smallest absolute Gasteiger partial charge is 0.255 e. The maximum atomic E-state index is 13.3. The lowest BCUT2D eigenvalue weighted by atomic mass is 9.88. The van der Waals surface area contributed by atoms with E-state index in [1.54, 1.807) is 11.8 Å². The van der Waals surface area contributed by atoms with Gasteiger partial charge in [-0.05, 0) is 44.2 Å². The Hall–Kier alpha value is -1.49. The van der Waals surface area contributed by atoms with Crippen molar-refractivity contribution in [3.05, 3.63) is 35.9 Å². The van der Waals surface area contributed by atoms with Crippen molar-refractivity contribution in [2.45, 2.75) is 69.8 Å². The van der Waals surface area contributed by atoms with E-state index in [1.807, 2.05) is 42.2 Å². The summed E-state index contributed by atoms with van der Waals surface area (Å²) >= 11 is 1.80. The maximum absolute atomic E-state index is 13.3. The molecule has 142 valence electrons. The van der Waals surface area contributed by atoms with Crippen LogP contribution in [0, 0.1) is 5.92 Å². The minimum atomic E-state index is -0.367. The fourth-order valence-corrected chi connectivity index (χ4v) is 5.58. The summed E-state index contributed by atoms with van der Waals surface area (Å²) in [6.45, 7) is 4.08. The van der Waals surface area contributed by atoms with Crippen LogP contribution in [0.5, 0.6) is 0 Å². The predicted molar refractivity (Wildman–Crippen MR) is 107 cm³/mol. The normalized spacial score (nSPS) is 25.1. The molecule has 5 heteroatoms. The molecule has 1 heterocycles. The number of nitrogens with zero attached hydrogens (tertiary/aromatic N) is 1. The first-order valence-electron chi connectivity index (χ1n) is 9.91. The second-order valence-electron chi connectivity index (χ2n) is 7.53. The molecule has 4 nitrogen and oxygen atoms in total. The topological polar surface area (TPSA) is 49.4 Å². The Morgan fingerprint density at radius 2 is 1.88 bits per heavy atom. The van der Waals surface area contributed by atoms with E-state index in [0.717, 1.165) is 19.3 Å². The molecule has 0 bridgehead atoms.